The highest BCUT2D eigenvalue weighted by molar-refractivity contribution is 4.85. The fourth-order valence-corrected chi connectivity index (χ4v) is 2.73. The van der Waals surface area contributed by atoms with E-state index in [0.717, 1.165) is 11.8 Å². The third kappa shape index (κ3) is 6.19. The molecule has 0 aromatic rings. The number of nitrogens with one attached hydrogen (secondary N) is 1. The Morgan fingerprint density at radius 1 is 0.833 bits per heavy atom. The lowest BCUT2D eigenvalue weighted by atomic mass is 9.76. The van der Waals surface area contributed by atoms with E-state index in [0.29, 0.717) is 12.2 Å². The zero-order valence-corrected chi connectivity index (χ0v) is 13.5. The maximum absolute atomic E-state index is 5.86. The van der Waals surface area contributed by atoms with Crippen LogP contribution in [0.5, 0.6) is 0 Å². The van der Waals surface area contributed by atoms with Crippen LogP contribution in [0.4, 0.5) is 0 Å². The van der Waals surface area contributed by atoms with Crippen LogP contribution in [0.25, 0.3) is 0 Å². The third-order valence-corrected chi connectivity index (χ3v) is 3.66. The van der Waals surface area contributed by atoms with E-state index in [1.807, 2.05) is 27.7 Å². The Morgan fingerprint density at radius 3 is 1.67 bits per heavy atom. The summed E-state index contributed by atoms with van der Waals surface area (Å²) in [6.45, 7) is 14.8. The first-order valence-corrected chi connectivity index (χ1v) is 8.12. The van der Waals surface area contributed by atoms with Gasteiger partial charge in [-0.25, -0.2) is 0 Å². The molecule has 2 aliphatic rings. The molecule has 1 heterocycles. The van der Waals surface area contributed by atoms with E-state index < -0.39 is 0 Å². The van der Waals surface area contributed by atoms with Gasteiger partial charge in [-0.15, -0.1) is 0 Å². The van der Waals surface area contributed by atoms with E-state index in [9.17, 15) is 0 Å². The minimum atomic E-state index is 0.405. The van der Waals surface area contributed by atoms with Crippen LogP contribution in [0.3, 0.4) is 0 Å². The molecule has 2 rings (SSSR count). The molecule has 1 saturated carbocycles. The zero-order valence-electron chi connectivity index (χ0n) is 13.5. The molecule has 2 fully saturated rings. The summed E-state index contributed by atoms with van der Waals surface area (Å²) < 4.78 is 5.86. The summed E-state index contributed by atoms with van der Waals surface area (Å²) in [6.07, 6.45) is 6.33. The average Bonchev–Trinajstić information content (AvgIpc) is 2.34. The van der Waals surface area contributed by atoms with Gasteiger partial charge < -0.3 is 10.1 Å². The van der Waals surface area contributed by atoms with Crippen molar-refractivity contribution in [2.75, 3.05) is 13.1 Å². The lowest BCUT2D eigenvalue weighted by molar-refractivity contribution is -0.0268. The number of ether oxygens (including phenoxy) is 1. The number of hydrogen-bond acceptors (Lipinski definition) is 2. The second kappa shape index (κ2) is 10.8. The summed E-state index contributed by atoms with van der Waals surface area (Å²) in [5.41, 5.74) is 0. The lowest BCUT2D eigenvalue weighted by Crippen LogP contribution is -2.47. The predicted molar refractivity (Wildman–Crippen MR) is 81.0 cm³/mol. The normalized spacial score (nSPS) is 27.5. The van der Waals surface area contributed by atoms with Crippen LogP contribution in [-0.2, 0) is 4.74 Å². The lowest BCUT2D eigenvalue weighted by Gasteiger charge is -2.39. The van der Waals surface area contributed by atoms with Crippen molar-refractivity contribution < 1.29 is 4.74 Å². The molecule has 1 saturated heterocycles. The maximum Gasteiger partial charge on any atom is 0.0578 e. The second-order valence-corrected chi connectivity index (χ2v) is 5.14. The molecule has 2 heteroatoms. The fourth-order valence-electron chi connectivity index (χ4n) is 2.73. The molecule has 0 unspecified atom stereocenters. The van der Waals surface area contributed by atoms with Gasteiger partial charge in [0.15, 0.2) is 0 Å². The molecule has 1 aliphatic heterocycles. The third-order valence-electron chi connectivity index (χ3n) is 3.66. The number of rotatable bonds is 3. The monoisotopic (exact) mass is 257 g/mol. The molecule has 18 heavy (non-hydrogen) atoms. The predicted octanol–water partition coefficient (Wildman–Crippen LogP) is 4.24. The molecule has 0 radical (unpaired) electrons. The zero-order chi connectivity index (χ0) is 14.0. The van der Waals surface area contributed by atoms with Crippen LogP contribution in [0.2, 0.25) is 0 Å². The van der Waals surface area contributed by atoms with Gasteiger partial charge >= 0.3 is 0 Å². The molecule has 1 N–H and O–H groups in total. The minimum Gasteiger partial charge on any atom is -0.376 e. The molecular weight excluding hydrogens is 222 g/mol. The molecule has 0 amide bonds. The van der Waals surface area contributed by atoms with Gasteiger partial charge in [0, 0.05) is 0 Å². The summed E-state index contributed by atoms with van der Waals surface area (Å²) in [5, 5.41) is 3.37. The topological polar surface area (TPSA) is 21.3 Å². The quantitative estimate of drug-likeness (QED) is 0.816. The van der Waals surface area contributed by atoms with Gasteiger partial charge in [-0.05, 0) is 64.5 Å². The van der Waals surface area contributed by atoms with Crippen molar-refractivity contribution in [3.63, 3.8) is 0 Å². The van der Waals surface area contributed by atoms with E-state index in [4.69, 9.17) is 4.74 Å². The summed E-state index contributed by atoms with van der Waals surface area (Å²) >= 11 is 0. The first kappa shape index (κ1) is 17.9. The molecule has 2 nitrogen and oxygen atoms in total. The van der Waals surface area contributed by atoms with Gasteiger partial charge in [-0.1, -0.05) is 27.7 Å². The van der Waals surface area contributed by atoms with Crippen molar-refractivity contribution in [1.82, 2.24) is 5.32 Å². The first-order chi connectivity index (χ1) is 8.75. The van der Waals surface area contributed by atoms with Gasteiger partial charge in [0.25, 0.3) is 0 Å². The van der Waals surface area contributed by atoms with E-state index >= 15 is 0 Å². The van der Waals surface area contributed by atoms with Crippen molar-refractivity contribution in [2.24, 2.45) is 11.8 Å². The Hall–Kier alpha value is -0.0800. The summed E-state index contributed by atoms with van der Waals surface area (Å²) in [7, 11) is 0. The van der Waals surface area contributed by atoms with E-state index in [1.165, 1.54) is 38.8 Å². The molecule has 110 valence electrons. The van der Waals surface area contributed by atoms with Crippen LogP contribution in [0.1, 0.15) is 67.2 Å². The number of hydrogen-bond donors (Lipinski definition) is 1. The Kier molecular flexibility index (Phi) is 10.8. The summed E-state index contributed by atoms with van der Waals surface area (Å²) in [4.78, 5) is 0. The molecule has 0 bridgehead atoms. The van der Waals surface area contributed by atoms with Gasteiger partial charge in [0.05, 0.1) is 12.2 Å². The molecule has 1 aliphatic carbocycles. The van der Waals surface area contributed by atoms with Crippen molar-refractivity contribution in [1.29, 1.82) is 0 Å². The SMILES string of the molecule is CC.CC.CC(C)OC1CCC(C2CNC2)CC1. The maximum atomic E-state index is 5.86. The van der Waals surface area contributed by atoms with Gasteiger partial charge in [0.2, 0.25) is 0 Å². The highest BCUT2D eigenvalue weighted by Crippen LogP contribution is 2.33. The summed E-state index contributed by atoms with van der Waals surface area (Å²) in [5.74, 6) is 1.97. The van der Waals surface area contributed by atoms with Crippen molar-refractivity contribution >= 4 is 0 Å². The van der Waals surface area contributed by atoms with Crippen LogP contribution < -0.4 is 5.32 Å². The Labute approximate surface area is 115 Å². The second-order valence-electron chi connectivity index (χ2n) is 5.14. The smallest absolute Gasteiger partial charge is 0.0578 e. The highest BCUT2D eigenvalue weighted by atomic mass is 16.5. The molecule has 0 aromatic carbocycles. The van der Waals surface area contributed by atoms with E-state index in [-0.39, 0.29) is 0 Å². The first-order valence-electron chi connectivity index (χ1n) is 8.12. The summed E-state index contributed by atoms with van der Waals surface area (Å²) in [6, 6.07) is 0. The van der Waals surface area contributed by atoms with Crippen molar-refractivity contribution in [3.05, 3.63) is 0 Å². The molecule has 0 atom stereocenters. The van der Waals surface area contributed by atoms with Crippen LogP contribution >= 0.6 is 0 Å². The van der Waals surface area contributed by atoms with Gasteiger partial charge in [0.1, 0.15) is 0 Å². The van der Waals surface area contributed by atoms with Crippen molar-refractivity contribution in [3.8, 4) is 0 Å². The average molecular weight is 257 g/mol. The fraction of sp³-hybridized carbons (Fsp3) is 1.00. The van der Waals surface area contributed by atoms with Crippen molar-refractivity contribution in [2.45, 2.75) is 79.4 Å². The van der Waals surface area contributed by atoms with Crippen LogP contribution in [0.15, 0.2) is 0 Å². The van der Waals surface area contributed by atoms with E-state index in [1.54, 1.807) is 0 Å². The van der Waals surface area contributed by atoms with Gasteiger partial charge in [-0.3, -0.25) is 0 Å². The van der Waals surface area contributed by atoms with Crippen LogP contribution in [0, 0.1) is 11.8 Å². The Balaban J connectivity index is 0.000000659. The molecule has 0 aromatic heterocycles. The standard InChI is InChI=1S/C12H23NO.2C2H6/c1-9(2)14-12-5-3-10(4-6-12)11-7-13-8-11;2*1-2/h9-13H,3-8H2,1-2H3;2*1-2H3. The highest BCUT2D eigenvalue weighted by Gasteiger charge is 2.31. The molecule has 0 spiro atoms. The Bertz CT molecular complexity index is 170. The minimum absolute atomic E-state index is 0.405. The van der Waals surface area contributed by atoms with Gasteiger partial charge in [-0.2, -0.15) is 0 Å². The van der Waals surface area contributed by atoms with E-state index in [2.05, 4.69) is 19.2 Å². The molecular formula is C16H35NO. The van der Waals surface area contributed by atoms with Crippen LogP contribution in [-0.4, -0.2) is 25.3 Å². The Morgan fingerprint density at radius 2 is 1.33 bits per heavy atom. The largest absolute Gasteiger partial charge is 0.376 e.